The number of halogens is 6. The largest absolute Gasteiger partial charge is 0.419 e. The molecule has 5 aromatic rings. The SMILES string of the molecule is Cn1c(S(=O)(=O)N2CCC(Nc3ncc(C(F)(F)F)c(-c4cnn(CC(F)(F)F)c4)n3)CC2)cnc1CN1CCN(c2ccc3c(N4CCC(=O)NC4=O)nn(C)c3c2)CC1. The van der Waals surface area contributed by atoms with Gasteiger partial charge in [0.2, 0.25) is 11.9 Å². The normalized spacial score (nSPS) is 18.0. The van der Waals surface area contributed by atoms with E-state index >= 15 is 0 Å². The van der Waals surface area contributed by atoms with E-state index in [1.807, 2.05) is 18.2 Å². The van der Waals surface area contributed by atoms with Crippen molar-refractivity contribution in [1.29, 1.82) is 0 Å². The minimum Gasteiger partial charge on any atom is -0.369 e. The van der Waals surface area contributed by atoms with Crippen molar-refractivity contribution in [2.24, 2.45) is 14.1 Å². The summed E-state index contributed by atoms with van der Waals surface area (Å²) >= 11 is 0. The van der Waals surface area contributed by atoms with Crippen LogP contribution in [0.15, 0.2) is 48.0 Å². The minimum absolute atomic E-state index is 0.0202. The number of hydrogen-bond acceptors (Lipinski definition) is 12. The van der Waals surface area contributed by atoms with Gasteiger partial charge in [0, 0.05) is 101 Å². The third-order valence-electron chi connectivity index (χ3n) is 11.0. The summed E-state index contributed by atoms with van der Waals surface area (Å²) < 4.78 is 113. The van der Waals surface area contributed by atoms with Gasteiger partial charge >= 0.3 is 18.4 Å². The highest BCUT2D eigenvalue weighted by atomic mass is 32.2. The number of carbonyl (C=O) groups excluding carboxylic acids is 2. The molecule has 25 heteroatoms. The number of benzene rings is 1. The zero-order valence-corrected chi connectivity index (χ0v) is 33.6. The molecule has 4 aromatic heterocycles. The summed E-state index contributed by atoms with van der Waals surface area (Å²) in [5.74, 6) is 0.537. The Morgan fingerprint density at radius 3 is 2.34 bits per heavy atom. The third-order valence-corrected chi connectivity index (χ3v) is 13.0. The molecule has 7 heterocycles. The Labute approximate surface area is 344 Å². The Bertz CT molecular complexity index is 2570. The Hall–Kier alpha value is -5.82. The number of piperidine rings is 1. The first-order valence-electron chi connectivity index (χ1n) is 19.2. The first-order valence-corrected chi connectivity index (χ1v) is 20.6. The lowest BCUT2D eigenvalue weighted by Crippen LogP contribution is -2.49. The van der Waals surface area contributed by atoms with Gasteiger partial charge in [-0.25, -0.2) is 28.2 Å². The van der Waals surface area contributed by atoms with Crippen LogP contribution in [0.2, 0.25) is 0 Å². The quantitative estimate of drug-likeness (QED) is 0.195. The molecular formula is C36H40F6N14O4S. The van der Waals surface area contributed by atoms with Gasteiger partial charge in [0.05, 0.1) is 30.1 Å². The zero-order valence-electron chi connectivity index (χ0n) is 32.8. The molecule has 0 aliphatic carbocycles. The Morgan fingerprint density at radius 1 is 0.918 bits per heavy atom. The molecule has 0 spiro atoms. The number of nitrogens with zero attached hydrogens (tertiary/aromatic N) is 12. The topological polar surface area (TPSA) is 185 Å². The van der Waals surface area contributed by atoms with Crippen molar-refractivity contribution < 1.29 is 44.3 Å². The summed E-state index contributed by atoms with van der Waals surface area (Å²) in [4.78, 5) is 42.3. The molecule has 326 valence electrons. The average molecular weight is 879 g/mol. The van der Waals surface area contributed by atoms with E-state index in [-0.39, 0.29) is 61.3 Å². The van der Waals surface area contributed by atoms with Crippen LogP contribution in [0.25, 0.3) is 22.2 Å². The monoisotopic (exact) mass is 878 g/mol. The van der Waals surface area contributed by atoms with Gasteiger partial charge in [0.25, 0.3) is 10.0 Å². The highest BCUT2D eigenvalue weighted by Gasteiger charge is 2.38. The van der Waals surface area contributed by atoms with Gasteiger partial charge in [-0.1, -0.05) is 0 Å². The van der Waals surface area contributed by atoms with Crippen LogP contribution in [0.1, 0.15) is 30.7 Å². The van der Waals surface area contributed by atoms with Crippen molar-refractivity contribution >= 4 is 50.3 Å². The highest BCUT2D eigenvalue weighted by molar-refractivity contribution is 7.89. The van der Waals surface area contributed by atoms with E-state index in [2.05, 4.69) is 45.6 Å². The number of imidazole rings is 1. The molecule has 0 unspecified atom stereocenters. The summed E-state index contributed by atoms with van der Waals surface area (Å²) in [5, 5.41) is 14.2. The zero-order chi connectivity index (χ0) is 43.4. The molecule has 3 saturated heterocycles. The van der Waals surface area contributed by atoms with Crippen molar-refractivity contribution in [3.63, 3.8) is 0 Å². The standard InChI is InChI=1S/C36H40F6N14O4S/c1-50-28(20-52-11-13-53(14-12-52)24-3-4-25-27(15-24)51(2)49-32(25)56-10-7-29(57)47-34(56)58)43-18-30(50)61(59,60)55-8-5-23(6-9-55)46-33-44-17-26(36(40,41)42)31(48-33)22-16-45-54(19-22)21-35(37,38)39/h3-4,15-19,23H,5-14,20-21H2,1-2H3,(H,44,46,48)(H,47,57,58). The lowest BCUT2D eigenvalue weighted by atomic mass is 10.1. The van der Waals surface area contributed by atoms with Crippen LogP contribution in [0, 0.1) is 0 Å². The minimum atomic E-state index is -4.90. The van der Waals surface area contributed by atoms with Gasteiger partial charge in [0.15, 0.2) is 10.8 Å². The van der Waals surface area contributed by atoms with E-state index in [9.17, 15) is 44.3 Å². The number of carbonyl (C=O) groups is 2. The number of urea groups is 1. The van der Waals surface area contributed by atoms with Gasteiger partial charge in [-0.05, 0) is 31.0 Å². The molecule has 0 saturated carbocycles. The molecule has 0 atom stereocenters. The number of aryl methyl sites for hydroxylation is 1. The van der Waals surface area contributed by atoms with Crippen LogP contribution in [0.5, 0.6) is 0 Å². The first kappa shape index (κ1) is 41.9. The van der Waals surface area contributed by atoms with Gasteiger partial charge in [-0.15, -0.1) is 0 Å². The van der Waals surface area contributed by atoms with Gasteiger partial charge in [0.1, 0.15) is 17.9 Å². The van der Waals surface area contributed by atoms with E-state index < -0.39 is 52.3 Å². The number of hydrogen-bond donors (Lipinski definition) is 2. The van der Waals surface area contributed by atoms with Crippen LogP contribution in [0.4, 0.5) is 48.6 Å². The molecule has 1 aromatic carbocycles. The number of piperazine rings is 1. The molecular weight excluding hydrogens is 839 g/mol. The molecule has 0 bridgehead atoms. The number of sulfonamides is 1. The number of amides is 3. The summed E-state index contributed by atoms with van der Waals surface area (Å²) in [6.07, 6.45) is -5.22. The second kappa shape index (κ2) is 15.9. The molecule has 18 nitrogen and oxygen atoms in total. The molecule has 2 N–H and O–H groups in total. The van der Waals surface area contributed by atoms with Crippen LogP contribution in [0.3, 0.4) is 0 Å². The summed E-state index contributed by atoms with van der Waals surface area (Å²) in [6, 6.07) is 5.01. The predicted molar refractivity (Wildman–Crippen MR) is 207 cm³/mol. The Kier molecular flexibility index (Phi) is 10.9. The van der Waals surface area contributed by atoms with Crippen LogP contribution in [-0.4, -0.2) is 127 Å². The summed E-state index contributed by atoms with van der Waals surface area (Å²) in [7, 11) is -0.526. The number of fused-ring (bicyclic) bond motifs is 1. The van der Waals surface area contributed by atoms with Crippen molar-refractivity contribution in [2.45, 2.75) is 55.8 Å². The number of nitrogens with one attached hydrogen (secondary N) is 2. The van der Waals surface area contributed by atoms with Crippen LogP contribution >= 0.6 is 0 Å². The maximum Gasteiger partial charge on any atom is 0.419 e. The second-order valence-corrected chi connectivity index (χ2v) is 16.9. The van der Waals surface area contributed by atoms with E-state index in [1.165, 1.54) is 15.4 Å². The molecule has 61 heavy (non-hydrogen) atoms. The summed E-state index contributed by atoms with van der Waals surface area (Å²) in [6.45, 7) is 2.07. The predicted octanol–water partition coefficient (Wildman–Crippen LogP) is 3.58. The van der Waals surface area contributed by atoms with Crippen LogP contribution in [-0.2, 0) is 48.2 Å². The Balaban J connectivity index is 0.864. The number of alkyl halides is 6. The summed E-state index contributed by atoms with van der Waals surface area (Å²) in [5.41, 5.74) is -0.343. The van der Waals surface area contributed by atoms with E-state index in [0.717, 1.165) is 29.0 Å². The van der Waals surface area contributed by atoms with Crippen molar-refractivity contribution in [3.05, 3.63) is 54.4 Å². The van der Waals surface area contributed by atoms with Gasteiger partial charge in [-0.3, -0.25) is 29.3 Å². The van der Waals surface area contributed by atoms with Crippen LogP contribution < -0.4 is 20.4 Å². The molecule has 0 radical (unpaired) electrons. The van der Waals surface area contributed by atoms with Crippen molar-refractivity contribution in [3.8, 4) is 11.3 Å². The fourth-order valence-electron chi connectivity index (χ4n) is 7.76. The maximum absolute atomic E-state index is 13.8. The number of imide groups is 1. The first-order chi connectivity index (χ1) is 28.8. The van der Waals surface area contributed by atoms with Crippen molar-refractivity contribution in [2.75, 3.05) is 60.9 Å². The lowest BCUT2D eigenvalue weighted by molar-refractivity contribution is -0.142. The highest BCUT2D eigenvalue weighted by Crippen LogP contribution is 2.37. The average Bonchev–Trinajstić information content (AvgIpc) is 3.91. The van der Waals surface area contributed by atoms with Crippen molar-refractivity contribution in [1.82, 2.24) is 53.6 Å². The van der Waals surface area contributed by atoms with Gasteiger partial charge < -0.3 is 14.8 Å². The number of aromatic nitrogens is 8. The lowest BCUT2D eigenvalue weighted by Gasteiger charge is -2.36. The molecule has 3 aliphatic heterocycles. The second-order valence-electron chi connectivity index (χ2n) is 15.1. The van der Waals surface area contributed by atoms with E-state index in [1.54, 1.807) is 23.3 Å². The number of anilines is 3. The maximum atomic E-state index is 13.8. The third kappa shape index (κ3) is 8.70. The Morgan fingerprint density at radius 2 is 1.66 bits per heavy atom. The van der Waals surface area contributed by atoms with E-state index in [0.29, 0.717) is 55.2 Å². The molecule has 3 fully saturated rings. The molecule has 3 amide bonds. The smallest absolute Gasteiger partial charge is 0.369 e. The van der Waals surface area contributed by atoms with E-state index in [4.69, 9.17) is 0 Å². The fourth-order valence-corrected chi connectivity index (χ4v) is 9.35. The number of rotatable bonds is 10. The molecule has 3 aliphatic rings. The molecule has 8 rings (SSSR count). The fraction of sp³-hybridized carbons (Fsp3) is 0.472. The van der Waals surface area contributed by atoms with Gasteiger partial charge in [-0.2, -0.15) is 40.8 Å².